The van der Waals surface area contributed by atoms with Crippen LogP contribution in [0, 0.1) is 11.7 Å². The standard InChI is InChI=1S/C13H13Cl2FN2O3/c1-6-2-3-18(11(6)12(19)20)13(21)17-10-8(14)4-7(16)5-9(10)15/h4-6,11H,2-3H2,1H3,(H,17,21)(H,19,20). The Morgan fingerprint density at radius 1 is 1.38 bits per heavy atom. The van der Waals surface area contributed by atoms with Gasteiger partial charge in [0.15, 0.2) is 0 Å². The number of carboxylic acids is 1. The minimum absolute atomic E-state index is 0.0486. The molecule has 1 fully saturated rings. The molecule has 5 nitrogen and oxygen atoms in total. The van der Waals surface area contributed by atoms with Crippen LogP contribution in [0.25, 0.3) is 0 Å². The Bertz CT molecular complexity index is 574. The molecule has 114 valence electrons. The molecule has 2 atom stereocenters. The molecule has 1 heterocycles. The second kappa shape index (κ2) is 6.07. The van der Waals surface area contributed by atoms with Gasteiger partial charge in [-0.2, -0.15) is 0 Å². The highest BCUT2D eigenvalue weighted by molar-refractivity contribution is 6.39. The Kier molecular flexibility index (Phi) is 4.58. The van der Waals surface area contributed by atoms with Gasteiger partial charge in [0.1, 0.15) is 11.9 Å². The normalized spacial score (nSPS) is 21.4. The summed E-state index contributed by atoms with van der Waals surface area (Å²) in [6.07, 6.45) is 0.593. The number of benzene rings is 1. The van der Waals surface area contributed by atoms with Crippen molar-refractivity contribution in [1.82, 2.24) is 4.90 Å². The first-order valence-electron chi connectivity index (χ1n) is 6.26. The van der Waals surface area contributed by atoms with E-state index in [-0.39, 0.29) is 21.7 Å². The minimum atomic E-state index is -1.06. The zero-order valence-corrected chi connectivity index (χ0v) is 12.6. The zero-order valence-electron chi connectivity index (χ0n) is 11.1. The van der Waals surface area contributed by atoms with Crippen LogP contribution in [0.5, 0.6) is 0 Å². The first-order valence-corrected chi connectivity index (χ1v) is 7.02. The van der Waals surface area contributed by atoms with Crippen molar-refractivity contribution in [2.45, 2.75) is 19.4 Å². The van der Waals surface area contributed by atoms with E-state index in [4.69, 9.17) is 23.2 Å². The molecule has 1 saturated heterocycles. The molecule has 1 aromatic rings. The third kappa shape index (κ3) is 3.22. The third-order valence-electron chi connectivity index (χ3n) is 3.45. The molecule has 2 rings (SSSR count). The van der Waals surface area contributed by atoms with Gasteiger partial charge in [-0.05, 0) is 24.5 Å². The van der Waals surface area contributed by atoms with Gasteiger partial charge in [-0.25, -0.2) is 14.0 Å². The van der Waals surface area contributed by atoms with Crippen molar-refractivity contribution >= 4 is 40.9 Å². The van der Waals surface area contributed by atoms with Gasteiger partial charge in [-0.3, -0.25) is 0 Å². The second-order valence-electron chi connectivity index (χ2n) is 4.92. The molecule has 2 N–H and O–H groups in total. The molecule has 21 heavy (non-hydrogen) atoms. The fraction of sp³-hybridized carbons (Fsp3) is 0.385. The predicted molar refractivity (Wildman–Crippen MR) is 77.3 cm³/mol. The van der Waals surface area contributed by atoms with Crippen molar-refractivity contribution in [2.75, 3.05) is 11.9 Å². The summed E-state index contributed by atoms with van der Waals surface area (Å²) in [7, 11) is 0. The highest BCUT2D eigenvalue weighted by Crippen LogP contribution is 2.32. The quantitative estimate of drug-likeness (QED) is 0.870. The molecular weight excluding hydrogens is 322 g/mol. The summed E-state index contributed by atoms with van der Waals surface area (Å²) in [4.78, 5) is 24.7. The van der Waals surface area contributed by atoms with E-state index in [2.05, 4.69) is 5.32 Å². The summed E-state index contributed by atoms with van der Waals surface area (Å²) in [6.45, 7) is 2.09. The summed E-state index contributed by atoms with van der Waals surface area (Å²) in [5, 5.41) is 11.5. The Morgan fingerprint density at radius 2 is 1.95 bits per heavy atom. The van der Waals surface area contributed by atoms with Crippen molar-refractivity contribution in [3.63, 3.8) is 0 Å². The van der Waals surface area contributed by atoms with Crippen LogP contribution in [-0.4, -0.2) is 34.6 Å². The van der Waals surface area contributed by atoms with Crippen LogP contribution in [0.15, 0.2) is 12.1 Å². The number of carboxylic acid groups (broad SMARTS) is 1. The first kappa shape index (κ1) is 15.9. The average Bonchev–Trinajstić information content (AvgIpc) is 2.75. The maximum Gasteiger partial charge on any atom is 0.326 e. The monoisotopic (exact) mass is 334 g/mol. The molecule has 2 unspecified atom stereocenters. The number of carbonyl (C=O) groups excluding carboxylic acids is 1. The molecule has 8 heteroatoms. The van der Waals surface area contributed by atoms with E-state index in [1.165, 1.54) is 4.90 Å². The number of likely N-dealkylation sites (tertiary alicyclic amines) is 1. The fourth-order valence-electron chi connectivity index (χ4n) is 2.39. The number of rotatable bonds is 2. The topological polar surface area (TPSA) is 69.6 Å². The van der Waals surface area contributed by atoms with E-state index in [0.29, 0.717) is 13.0 Å². The number of amides is 2. The summed E-state index contributed by atoms with van der Waals surface area (Å²) in [5.41, 5.74) is 0.0634. The highest BCUT2D eigenvalue weighted by atomic mass is 35.5. The SMILES string of the molecule is CC1CCN(C(=O)Nc2c(Cl)cc(F)cc2Cl)C1C(=O)O. The molecule has 1 aromatic carbocycles. The number of aliphatic carboxylic acids is 1. The molecule has 1 aliphatic rings. The molecule has 0 bridgehead atoms. The van der Waals surface area contributed by atoms with Crippen LogP contribution in [0.2, 0.25) is 10.0 Å². The summed E-state index contributed by atoms with van der Waals surface area (Å²) < 4.78 is 13.1. The Hall–Kier alpha value is -1.53. The van der Waals surface area contributed by atoms with Crippen LogP contribution in [0.4, 0.5) is 14.9 Å². The largest absolute Gasteiger partial charge is 0.480 e. The molecule has 1 aliphatic heterocycles. The minimum Gasteiger partial charge on any atom is -0.480 e. The number of urea groups is 1. The third-order valence-corrected chi connectivity index (χ3v) is 4.05. The Morgan fingerprint density at radius 3 is 2.48 bits per heavy atom. The average molecular weight is 335 g/mol. The molecule has 0 radical (unpaired) electrons. The highest BCUT2D eigenvalue weighted by Gasteiger charge is 2.39. The Labute approximate surface area is 130 Å². The molecule has 0 aliphatic carbocycles. The summed E-state index contributed by atoms with van der Waals surface area (Å²) >= 11 is 11.7. The van der Waals surface area contributed by atoms with Gasteiger partial charge in [0, 0.05) is 6.54 Å². The van der Waals surface area contributed by atoms with E-state index < -0.39 is 23.9 Å². The van der Waals surface area contributed by atoms with Gasteiger partial charge in [0.25, 0.3) is 0 Å². The van der Waals surface area contributed by atoms with Crippen molar-refractivity contribution in [2.24, 2.45) is 5.92 Å². The van der Waals surface area contributed by atoms with Gasteiger partial charge in [0.05, 0.1) is 15.7 Å². The lowest BCUT2D eigenvalue weighted by Crippen LogP contribution is -2.44. The number of nitrogens with one attached hydrogen (secondary N) is 1. The summed E-state index contributed by atoms with van der Waals surface area (Å²) in [6, 6.07) is 0.513. The molecular formula is C13H13Cl2FN2O3. The van der Waals surface area contributed by atoms with Gasteiger partial charge >= 0.3 is 12.0 Å². The number of anilines is 1. The van der Waals surface area contributed by atoms with E-state index in [9.17, 15) is 19.1 Å². The maximum absolute atomic E-state index is 13.1. The number of halogens is 3. The van der Waals surface area contributed by atoms with E-state index in [1.54, 1.807) is 6.92 Å². The Balaban J connectivity index is 2.21. The van der Waals surface area contributed by atoms with E-state index in [1.807, 2.05) is 0 Å². The second-order valence-corrected chi connectivity index (χ2v) is 5.73. The van der Waals surface area contributed by atoms with Crippen molar-refractivity contribution in [1.29, 1.82) is 0 Å². The van der Waals surface area contributed by atoms with Gasteiger partial charge < -0.3 is 15.3 Å². The van der Waals surface area contributed by atoms with Crippen LogP contribution in [0.1, 0.15) is 13.3 Å². The summed E-state index contributed by atoms with van der Waals surface area (Å²) in [5.74, 6) is -1.83. The first-order chi connectivity index (χ1) is 9.81. The molecule has 0 saturated carbocycles. The molecule has 0 aromatic heterocycles. The lowest BCUT2D eigenvalue weighted by molar-refractivity contribution is -0.142. The zero-order chi connectivity index (χ0) is 15.7. The van der Waals surface area contributed by atoms with E-state index >= 15 is 0 Å². The van der Waals surface area contributed by atoms with Gasteiger partial charge in [-0.15, -0.1) is 0 Å². The number of hydrogen-bond acceptors (Lipinski definition) is 2. The van der Waals surface area contributed by atoms with Crippen LogP contribution in [0.3, 0.4) is 0 Å². The number of nitrogens with zero attached hydrogens (tertiary/aromatic N) is 1. The van der Waals surface area contributed by atoms with Gasteiger partial charge in [0.2, 0.25) is 0 Å². The molecule has 2 amide bonds. The van der Waals surface area contributed by atoms with Crippen molar-refractivity contribution in [3.05, 3.63) is 28.0 Å². The van der Waals surface area contributed by atoms with Crippen LogP contribution in [-0.2, 0) is 4.79 Å². The predicted octanol–water partition coefficient (Wildman–Crippen LogP) is 3.46. The smallest absolute Gasteiger partial charge is 0.326 e. The lowest BCUT2D eigenvalue weighted by Gasteiger charge is -2.24. The van der Waals surface area contributed by atoms with Crippen LogP contribution < -0.4 is 5.32 Å². The number of hydrogen-bond donors (Lipinski definition) is 2. The lowest BCUT2D eigenvalue weighted by atomic mass is 10.0. The van der Waals surface area contributed by atoms with Crippen molar-refractivity contribution in [3.8, 4) is 0 Å². The molecule has 0 spiro atoms. The van der Waals surface area contributed by atoms with Crippen molar-refractivity contribution < 1.29 is 19.1 Å². The maximum atomic E-state index is 13.1. The number of carbonyl (C=O) groups is 2. The fourth-order valence-corrected chi connectivity index (χ4v) is 2.95. The van der Waals surface area contributed by atoms with E-state index in [0.717, 1.165) is 12.1 Å². The van der Waals surface area contributed by atoms with Crippen LogP contribution >= 0.6 is 23.2 Å². The van der Waals surface area contributed by atoms with Gasteiger partial charge in [-0.1, -0.05) is 30.1 Å².